The predicted octanol–water partition coefficient (Wildman–Crippen LogP) is 2.05. The maximum absolute atomic E-state index is 2.08. The number of thioether (sulfide) groups is 2. The van der Waals surface area contributed by atoms with Crippen molar-refractivity contribution in [1.82, 2.24) is 0 Å². The van der Waals surface area contributed by atoms with Crippen LogP contribution in [0.4, 0.5) is 0 Å². The molecular formula is C3H3AuS2. The van der Waals surface area contributed by atoms with E-state index in [9.17, 15) is 0 Å². The molecule has 3 heteroatoms. The van der Waals surface area contributed by atoms with E-state index in [1.807, 2.05) is 0 Å². The van der Waals surface area contributed by atoms with E-state index in [2.05, 4.69) is 15.9 Å². The van der Waals surface area contributed by atoms with Gasteiger partial charge in [0.15, 0.2) is 0 Å². The van der Waals surface area contributed by atoms with Crippen molar-refractivity contribution in [3.63, 3.8) is 0 Å². The molecule has 0 unspecified atom stereocenters. The van der Waals surface area contributed by atoms with Gasteiger partial charge in [-0.25, -0.2) is 5.08 Å². The van der Waals surface area contributed by atoms with Crippen molar-refractivity contribution in [3.8, 4) is 0 Å². The molecule has 1 heterocycles. The molecule has 0 fully saturated rings. The van der Waals surface area contributed by atoms with E-state index >= 15 is 0 Å². The van der Waals surface area contributed by atoms with E-state index in [1.165, 1.54) is 0 Å². The second-order valence-corrected chi connectivity index (χ2v) is 2.50. The van der Waals surface area contributed by atoms with Crippen molar-refractivity contribution in [2.75, 3.05) is 0 Å². The van der Waals surface area contributed by atoms with Crippen LogP contribution in [0.25, 0.3) is 0 Å². The molecule has 0 radical (unpaired) electrons. The molecule has 6 heavy (non-hydrogen) atoms. The topological polar surface area (TPSA) is 0 Å². The largest absolute Gasteiger partial charge is 1.00 e. The van der Waals surface area contributed by atoms with Crippen LogP contribution in [0, 0.1) is 5.08 Å². The van der Waals surface area contributed by atoms with Crippen LogP contribution in [0.2, 0.25) is 0 Å². The molecule has 1 aliphatic rings. The third kappa shape index (κ3) is 2.37. The van der Waals surface area contributed by atoms with Gasteiger partial charge in [-0.2, -0.15) is 0 Å². The summed E-state index contributed by atoms with van der Waals surface area (Å²) in [4.78, 5) is 0. The first-order chi connectivity index (χ1) is 2.50. The average Bonchev–Trinajstić information content (AvgIpc) is 1.76. The molecule has 0 aliphatic carbocycles. The van der Waals surface area contributed by atoms with Crippen molar-refractivity contribution in [3.05, 3.63) is 15.9 Å². The van der Waals surface area contributed by atoms with E-state index in [1.54, 1.807) is 23.5 Å². The first-order valence-corrected chi connectivity index (χ1v) is 3.16. The zero-order valence-corrected chi connectivity index (χ0v) is 6.65. The average molecular weight is 300 g/mol. The van der Waals surface area contributed by atoms with E-state index in [0.29, 0.717) is 0 Å². The zero-order chi connectivity index (χ0) is 3.54. The number of hydrogen-bond acceptors (Lipinski definition) is 2. The monoisotopic (exact) mass is 300 g/mol. The van der Waals surface area contributed by atoms with Gasteiger partial charge in [0.2, 0.25) is 0 Å². The van der Waals surface area contributed by atoms with E-state index in [4.69, 9.17) is 0 Å². The fourth-order valence-electron chi connectivity index (χ4n) is 0.160. The second-order valence-electron chi connectivity index (χ2n) is 0.641. The van der Waals surface area contributed by atoms with Gasteiger partial charge >= 0.3 is 22.4 Å². The van der Waals surface area contributed by atoms with Gasteiger partial charge in [-0.1, -0.05) is 10.8 Å². The molecule has 0 saturated heterocycles. The Hall–Kier alpha value is 1.18. The van der Waals surface area contributed by atoms with E-state index in [-0.39, 0.29) is 22.4 Å². The van der Waals surface area contributed by atoms with Crippen LogP contribution in [-0.2, 0) is 22.4 Å². The Morgan fingerprint density at radius 2 is 1.67 bits per heavy atom. The molecule has 0 aromatic rings. The molecule has 0 nitrogen and oxygen atoms in total. The molecule has 0 saturated carbocycles. The Morgan fingerprint density at radius 3 is 1.83 bits per heavy atom. The van der Waals surface area contributed by atoms with Crippen LogP contribution in [0.1, 0.15) is 0 Å². The van der Waals surface area contributed by atoms with E-state index in [0.717, 1.165) is 0 Å². The second kappa shape index (κ2) is 4.34. The summed E-state index contributed by atoms with van der Waals surface area (Å²) < 4.78 is 0. The Labute approximate surface area is 61.7 Å². The molecule has 0 N–H and O–H groups in total. The van der Waals surface area contributed by atoms with Gasteiger partial charge < -0.3 is 23.5 Å². The smallest absolute Gasteiger partial charge is 0.313 e. The van der Waals surface area contributed by atoms with Crippen LogP contribution in [-0.4, -0.2) is 0 Å². The standard InChI is InChI=1S/C3H3S2.Au/c1-2-5-3-4-1;/h1-3H;/q-1;+1. The maximum Gasteiger partial charge on any atom is 1.00 e. The molecule has 0 atom stereocenters. The van der Waals surface area contributed by atoms with Gasteiger partial charge in [0.1, 0.15) is 0 Å². The summed E-state index contributed by atoms with van der Waals surface area (Å²) in [5.41, 5.74) is 0. The van der Waals surface area contributed by atoms with Crippen molar-refractivity contribution in [2.24, 2.45) is 0 Å². The van der Waals surface area contributed by atoms with Crippen molar-refractivity contribution < 1.29 is 22.4 Å². The normalized spacial score (nSPS) is 17.3. The molecule has 0 aromatic heterocycles. The third-order valence-electron chi connectivity index (χ3n) is 0.324. The van der Waals surface area contributed by atoms with Crippen LogP contribution in [0.3, 0.4) is 0 Å². The van der Waals surface area contributed by atoms with Crippen LogP contribution >= 0.6 is 23.5 Å². The fraction of sp³-hybridized carbons (Fsp3) is 0. The van der Waals surface area contributed by atoms with Gasteiger partial charge in [-0.15, -0.1) is 0 Å². The van der Waals surface area contributed by atoms with Crippen LogP contribution in [0.15, 0.2) is 10.8 Å². The van der Waals surface area contributed by atoms with Gasteiger partial charge in [0.25, 0.3) is 0 Å². The molecule has 0 spiro atoms. The van der Waals surface area contributed by atoms with Gasteiger partial charge in [0, 0.05) is 0 Å². The minimum atomic E-state index is 0. The van der Waals surface area contributed by atoms with Crippen molar-refractivity contribution in [2.45, 2.75) is 0 Å². The maximum atomic E-state index is 2.08. The fourth-order valence-corrected chi connectivity index (χ4v) is 1.44. The van der Waals surface area contributed by atoms with Crippen molar-refractivity contribution in [1.29, 1.82) is 0 Å². The van der Waals surface area contributed by atoms with Crippen molar-refractivity contribution >= 4 is 23.5 Å². The third-order valence-corrected chi connectivity index (χ3v) is 1.97. The summed E-state index contributed by atoms with van der Waals surface area (Å²) in [6, 6.07) is 0. The summed E-state index contributed by atoms with van der Waals surface area (Å²) >= 11 is 3.46. The Balaban J connectivity index is 0.000000250. The van der Waals surface area contributed by atoms with Crippen LogP contribution in [0.5, 0.6) is 0 Å². The molecule has 0 amide bonds. The Morgan fingerprint density at radius 1 is 1.17 bits per heavy atom. The molecule has 0 bridgehead atoms. The molecule has 1 aliphatic heterocycles. The van der Waals surface area contributed by atoms with Crippen LogP contribution < -0.4 is 0 Å². The SMILES string of the molecule is C1=CS[CH-]S1.[Au+]. The first kappa shape index (κ1) is 7.18. The van der Waals surface area contributed by atoms with E-state index < -0.39 is 0 Å². The first-order valence-electron chi connectivity index (χ1n) is 1.28. The number of rotatable bonds is 0. The molecular weight excluding hydrogens is 297 g/mol. The summed E-state index contributed by atoms with van der Waals surface area (Å²) in [5, 5.41) is 6.20. The zero-order valence-electron chi connectivity index (χ0n) is 2.85. The summed E-state index contributed by atoms with van der Waals surface area (Å²) in [5.74, 6) is 0. The summed E-state index contributed by atoms with van der Waals surface area (Å²) in [6.07, 6.45) is 0. The summed E-state index contributed by atoms with van der Waals surface area (Å²) in [7, 11) is 0. The van der Waals surface area contributed by atoms with Gasteiger partial charge in [-0.05, 0) is 0 Å². The van der Waals surface area contributed by atoms with Gasteiger partial charge in [0.05, 0.1) is 0 Å². The Bertz CT molecular complexity index is 46.8. The predicted molar refractivity (Wildman–Crippen MR) is 28.6 cm³/mol. The minimum absolute atomic E-state index is 0. The molecule has 38 valence electrons. The number of hydrogen-bond donors (Lipinski definition) is 0. The van der Waals surface area contributed by atoms with Gasteiger partial charge in [-0.3, -0.25) is 0 Å². The summed E-state index contributed by atoms with van der Waals surface area (Å²) in [6.45, 7) is 0. The Kier molecular flexibility index (Phi) is 5.20. The quantitative estimate of drug-likeness (QED) is 0.496. The molecule has 0 aromatic carbocycles. The molecule has 1 rings (SSSR count). The minimum Gasteiger partial charge on any atom is -0.313 e.